The van der Waals surface area contributed by atoms with Crippen LogP contribution in [-0.2, 0) is 0 Å². The molecule has 1 heterocycles. The van der Waals surface area contributed by atoms with Crippen molar-refractivity contribution in [1.82, 2.24) is 4.98 Å². The number of nitrogens with zero attached hydrogens (tertiary/aromatic N) is 1. The highest BCUT2D eigenvalue weighted by molar-refractivity contribution is 7.18. The molecule has 3 heteroatoms. The van der Waals surface area contributed by atoms with Crippen molar-refractivity contribution in [2.75, 3.05) is 7.11 Å². The average Bonchev–Trinajstić information content (AvgIpc) is 2.47. The van der Waals surface area contributed by atoms with Crippen LogP contribution in [0.2, 0.25) is 0 Å². The zero-order chi connectivity index (χ0) is 9.42. The van der Waals surface area contributed by atoms with Crippen LogP contribution < -0.4 is 4.74 Å². The van der Waals surface area contributed by atoms with Crippen molar-refractivity contribution < 1.29 is 4.74 Å². The Morgan fingerprint density at radius 2 is 2.08 bits per heavy atom. The molecule has 0 aliphatic rings. The number of methoxy groups -OCH3 is 1. The molecule has 0 bridgehead atoms. The van der Waals surface area contributed by atoms with E-state index in [1.54, 1.807) is 18.4 Å². The van der Waals surface area contributed by atoms with Crippen molar-refractivity contribution in [3.63, 3.8) is 0 Å². The third kappa shape index (κ3) is 1.29. The van der Waals surface area contributed by atoms with Crippen LogP contribution in [0.1, 0.15) is 10.6 Å². The van der Waals surface area contributed by atoms with E-state index in [2.05, 4.69) is 11.1 Å². The highest BCUT2D eigenvalue weighted by atomic mass is 32.1. The highest BCUT2D eigenvalue weighted by Crippen LogP contribution is 2.29. The molecule has 68 valence electrons. The lowest BCUT2D eigenvalue weighted by Gasteiger charge is -2.03. The van der Waals surface area contributed by atoms with Crippen LogP contribution >= 0.6 is 11.3 Å². The third-order valence-corrected chi connectivity index (χ3v) is 3.03. The van der Waals surface area contributed by atoms with E-state index in [0.717, 1.165) is 21.8 Å². The summed E-state index contributed by atoms with van der Waals surface area (Å²) >= 11 is 1.72. The van der Waals surface area contributed by atoms with E-state index in [9.17, 15) is 0 Å². The van der Waals surface area contributed by atoms with Gasteiger partial charge in [0, 0.05) is 5.56 Å². The van der Waals surface area contributed by atoms with Gasteiger partial charge in [0.2, 0.25) is 0 Å². The first-order valence-electron chi connectivity index (χ1n) is 4.13. The molecular weight excluding hydrogens is 182 g/mol. The lowest BCUT2D eigenvalue weighted by atomic mass is 10.2. The lowest BCUT2D eigenvalue weighted by molar-refractivity contribution is 0.412. The molecule has 0 radical (unpaired) electrons. The van der Waals surface area contributed by atoms with Crippen LogP contribution in [0, 0.1) is 13.8 Å². The fourth-order valence-electron chi connectivity index (χ4n) is 1.44. The molecule has 0 N–H and O–H groups in total. The minimum Gasteiger partial charge on any atom is -0.496 e. The Hall–Kier alpha value is -1.09. The second-order valence-corrected chi connectivity index (χ2v) is 4.21. The highest BCUT2D eigenvalue weighted by Gasteiger charge is 2.07. The number of fused-ring (bicyclic) bond motifs is 1. The predicted octanol–water partition coefficient (Wildman–Crippen LogP) is 2.92. The Kier molecular flexibility index (Phi) is 1.96. The van der Waals surface area contributed by atoms with Gasteiger partial charge in [0.05, 0.1) is 22.3 Å². The van der Waals surface area contributed by atoms with Gasteiger partial charge in [-0.1, -0.05) is 0 Å². The summed E-state index contributed by atoms with van der Waals surface area (Å²) in [5.74, 6) is 0.915. The maximum Gasteiger partial charge on any atom is 0.124 e. The number of hydrogen-bond acceptors (Lipinski definition) is 3. The first-order valence-corrected chi connectivity index (χ1v) is 4.95. The largest absolute Gasteiger partial charge is 0.496 e. The Bertz CT molecular complexity index is 447. The topological polar surface area (TPSA) is 22.1 Å². The predicted molar refractivity (Wildman–Crippen MR) is 55.6 cm³/mol. The zero-order valence-corrected chi connectivity index (χ0v) is 8.73. The summed E-state index contributed by atoms with van der Waals surface area (Å²) in [5, 5.41) is 1.10. The standard InChI is InChI=1S/C10H11NOS/c1-6-8(12-3)4-5-9-10(6)11-7(2)13-9/h4-5H,1-3H3. The fraction of sp³-hybridized carbons (Fsp3) is 0.300. The molecule has 0 unspecified atom stereocenters. The molecule has 1 aromatic carbocycles. The molecule has 0 atom stereocenters. The summed E-state index contributed by atoms with van der Waals surface area (Å²) in [6.45, 7) is 4.07. The van der Waals surface area contributed by atoms with Crippen molar-refractivity contribution >= 4 is 21.6 Å². The Morgan fingerprint density at radius 3 is 2.77 bits per heavy atom. The molecule has 2 nitrogen and oxygen atoms in total. The summed E-state index contributed by atoms with van der Waals surface area (Å²) in [4.78, 5) is 4.46. The van der Waals surface area contributed by atoms with Crippen LogP contribution in [0.25, 0.3) is 10.2 Å². The van der Waals surface area contributed by atoms with Crippen molar-refractivity contribution in [1.29, 1.82) is 0 Å². The second kappa shape index (κ2) is 3.00. The second-order valence-electron chi connectivity index (χ2n) is 2.97. The van der Waals surface area contributed by atoms with E-state index in [-0.39, 0.29) is 0 Å². The van der Waals surface area contributed by atoms with E-state index in [1.807, 2.05) is 19.9 Å². The molecule has 13 heavy (non-hydrogen) atoms. The van der Waals surface area contributed by atoms with E-state index in [1.165, 1.54) is 4.70 Å². The van der Waals surface area contributed by atoms with Gasteiger partial charge in [0.15, 0.2) is 0 Å². The number of aryl methyl sites for hydroxylation is 2. The zero-order valence-electron chi connectivity index (χ0n) is 7.92. The van der Waals surface area contributed by atoms with E-state index < -0.39 is 0 Å². The molecule has 0 saturated carbocycles. The maximum absolute atomic E-state index is 5.23. The van der Waals surface area contributed by atoms with Crippen LogP contribution in [-0.4, -0.2) is 12.1 Å². The van der Waals surface area contributed by atoms with Crippen LogP contribution in [0.15, 0.2) is 12.1 Å². The number of rotatable bonds is 1. The van der Waals surface area contributed by atoms with Gasteiger partial charge >= 0.3 is 0 Å². The van der Waals surface area contributed by atoms with E-state index in [4.69, 9.17) is 4.74 Å². The molecule has 1 aromatic heterocycles. The summed E-state index contributed by atoms with van der Waals surface area (Å²) < 4.78 is 6.46. The van der Waals surface area contributed by atoms with E-state index in [0.29, 0.717) is 0 Å². The average molecular weight is 193 g/mol. The van der Waals surface area contributed by atoms with Crippen LogP contribution in [0.3, 0.4) is 0 Å². The monoisotopic (exact) mass is 193 g/mol. The van der Waals surface area contributed by atoms with Gasteiger partial charge in [-0.25, -0.2) is 4.98 Å². The smallest absolute Gasteiger partial charge is 0.124 e. The molecule has 0 aliphatic carbocycles. The molecule has 2 rings (SSSR count). The first-order chi connectivity index (χ1) is 6.22. The maximum atomic E-state index is 5.23. The van der Waals surface area contributed by atoms with Gasteiger partial charge in [0.25, 0.3) is 0 Å². The summed E-state index contributed by atoms with van der Waals surface area (Å²) in [6.07, 6.45) is 0. The molecule has 0 fully saturated rings. The molecule has 0 aliphatic heterocycles. The number of thiazole rings is 1. The number of hydrogen-bond donors (Lipinski definition) is 0. The Labute approximate surface area is 81.2 Å². The number of aromatic nitrogens is 1. The summed E-state index contributed by atoms with van der Waals surface area (Å²) in [5.41, 5.74) is 2.20. The number of ether oxygens (including phenoxy) is 1. The van der Waals surface area contributed by atoms with Gasteiger partial charge in [-0.2, -0.15) is 0 Å². The normalized spacial score (nSPS) is 10.7. The minimum absolute atomic E-state index is 0.915. The van der Waals surface area contributed by atoms with Crippen molar-refractivity contribution in [3.05, 3.63) is 22.7 Å². The summed E-state index contributed by atoms with van der Waals surface area (Å²) in [6, 6.07) is 4.06. The lowest BCUT2D eigenvalue weighted by Crippen LogP contribution is -1.87. The third-order valence-electron chi connectivity index (χ3n) is 2.09. The molecule has 2 aromatic rings. The van der Waals surface area contributed by atoms with Crippen molar-refractivity contribution in [2.45, 2.75) is 13.8 Å². The molecule has 0 amide bonds. The van der Waals surface area contributed by atoms with Crippen molar-refractivity contribution in [2.24, 2.45) is 0 Å². The number of benzene rings is 1. The van der Waals surface area contributed by atoms with Gasteiger partial charge in [-0.15, -0.1) is 11.3 Å². The molecule has 0 spiro atoms. The Morgan fingerprint density at radius 1 is 1.31 bits per heavy atom. The minimum atomic E-state index is 0.915. The van der Waals surface area contributed by atoms with Gasteiger partial charge in [0.1, 0.15) is 5.75 Å². The summed E-state index contributed by atoms with van der Waals surface area (Å²) in [7, 11) is 1.69. The van der Waals surface area contributed by atoms with Crippen molar-refractivity contribution in [3.8, 4) is 5.75 Å². The van der Waals surface area contributed by atoms with E-state index >= 15 is 0 Å². The first kappa shape index (κ1) is 8.51. The SMILES string of the molecule is COc1ccc2sc(C)nc2c1C. The van der Waals surface area contributed by atoms with Crippen LogP contribution in [0.5, 0.6) is 5.75 Å². The molecule has 0 saturated heterocycles. The quantitative estimate of drug-likeness (QED) is 0.694. The molecular formula is C10H11NOS. The fourth-order valence-corrected chi connectivity index (χ4v) is 2.33. The van der Waals surface area contributed by atoms with Gasteiger partial charge in [-0.3, -0.25) is 0 Å². The van der Waals surface area contributed by atoms with Crippen LogP contribution in [0.4, 0.5) is 0 Å². The Balaban J connectivity index is 2.78. The van der Waals surface area contributed by atoms with Gasteiger partial charge in [-0.05, 0) is 26.0 Å². The van der Waals surface area contributed by atoms with Gasteiger partial charge < -0.3 is 4.74 Å².